The number of hydrogen-bond acceptors (Lipinski definition) is 2. The molecule has 0 bridgehead atoms. The van der Waals surface area contributed by atoms with Gasteiger partial charge >= 0.3 is 0 Å². The SMILES string of the molecule is CCC(C#N)NCl. The maximum atomic E-state index is 8.13. The Morgan fingerprint density at radius 3 is 2.57 bits per heavy atom. The van der Waals surface area contributed by atoms with Gasteiger partial charge < -0.3 is 0 Å². The first-order chi connectivity index (χ1) is 3.35. The van der Waals surface area contributed by atoms with Gasteiger partial charge in [-0.2, -0.15) is 5.26 Å². The molecule has 0 saturated heterocycles. The molecule has 0 radical (unpaired) electrons. The van der Waals surface area contributed by atoms with Gasteiger partial charge in [-0.25, -0.2) is 4.84 Å². The summed E-state index contributed by atoms with van der Waals surface area (Å²) in [6, 6.07) is 1.77. The van der Waals surface area contributed by atoms with Crippen LogP contribution in [0.5, 0.6) is 0 Å². The molecule has 3 heteroatoms. The number of nitriles is 1. The molecule has 0 fully saturated rings. The van der Waals surface area contributed by atoms with E-state index in [0.29, 0.717) is 0 Å². The molecule has 0 aromatic heterocycles. The minimum absolute atomic E-state index is 0.193. The number of nitrogens with zero attached hydrogens (tertiary/aromatic N) is 1. The third kappa shape index (κ3) is 2.44. The molecule has 0 rings (SSSR count). The molecule has 0 aromatic rings. The summed E-state index contributed by atoms with van der Waals surface area (Å²) in [4.78, 5) is 2.31. The Bertz CT molecular complexity index is 72.2. The summed E-state index contributed by atoms with van der Waals surface area (Å²) in [7, 11) is 0. The highest BCUT2D eigenvalue weighted by Crippen LogP contribution is 1.86. The lowest BCUT2D eigenvalue weighted by atomic mass is 10.3. The zero-order valence-electron chi connectivity index (χ0n) is 4.11. The van der Waals surface area contributed by atoms with Crippen molar-refractivity contribution in [2.24, 2.45) is 0 Å². The van der Waals surface area contributed by atoms with Crippen LogP contribution in [0.4, 0.5) is 0 Å². The first-order valence-corrected chi connectivity index (χ1v) is 2.48. The minimum atomic E-state index is -0.193. The monoisotopic (exact) mass is 118 g/mol. The van der Waals surface area contributed by atoms with E-state index in [2.05, 4.69) is 4.84 Å². The van der Waals surface area contributed by atoms with E-state index in [9.17, 15) is 0 Å². The fraction of sp³-hybridized carbons (Fsp3) is 0.750. The molecule has 1 atom stereocenters. The molecule has 0 heterocycles. The van der Waals surface area contributed by atoms with Crippen molar-refractivity contribution >= 4 is 11.8 Å². The topological polar surface area (TPSA) is 35.8 Å². The lowest BCUT2D eigenvalue weighted by Crippen LogP contribution is -2.15. The van der Waals surface area contributed by atoms with Crippen molar-refractivity contribution in [1.82, 2.24) is 4.84 Å². The average Bonchev–Trinajstić information content (AvgIpc) is 1.72. The van der Waals surface area contributed by atoms with Crippen LogP contribution >= 0.6 is 11.8 Å². The highest BCUT2D eigenvalue weighted by atomic mass is 35.5. The van der Waals surface area contributed by atoms with Gasteiger partial charge in [0, 0.05) is 0 Å². The normalized spacial score (nSPS) is 12.7. The Balaban J connectivity index is 3.23. The van der Waals surface area contributed by atoms with Gasteiger partial charge in [-0.3, -0.25) is 0 Å². The number of rotatable bonds is 2. The van der Waals surface area contributed by atoms with Crippen LogP contribution in [0.1, 0.15) is 13.3 Å². The Kier molecular flexibility index (Phi) is 3.77. The molecular formula is C4H7ClN2. The van der Waals surface area contributed by atoms with Crippen molar-refractivity contribution in [3.8, 4) is 6.07 Å². The van der Waals surface area contributed by atoms with Crippen LogP contribution in [0, 0.1) is 11.3 Å². The number of hydrogen-bond donors (Lipinski definition) is 1. The Morgan fingerprint density at radius 2 is 2.57 bits per heavy atom. The third-order valence-corrected chi connectivity index (χ3v) is 0.959. The zero-order chi connectivity index (χ0) is 5.70. The standard InChI is InChI=1S/C4H7ClN2/c1-2-4(3-6)7-5/h4,7H,2H2,1H3. The Hall–Kier alpha value is -0.260. The second kappa shape index (κ2) is 3.91. The Labute approximate surface area is 48.2 Å². The molecule has 0 spiro atoms. The van der Waals surface area contributed by atoms with Crippen LogP contribution in [-0.4, -0.2) is 6.04 Å². The van der Waals surface area contributed by atoms with Gasteiger partial charge in [0.25, 0.3) is 0 Å². The van der Waals surface area contributed by atoms with Gasteiger partial charge in [0.15, 0.2) is 0 Å². The van der Waals surface area contributed by atoms with Crippen LogP contribution in [0.2, 0.25) is 0 Å². The fourth-order valence-corrected chi connectivity index (χ4v) is 0.396. The molecule has 40 valence electrons. The van der Waals surface area contributed by atoms with Crippen LogP contribution in [0.3, 0.4) is 0 Å². The molecule has 0 aromatic carbocycles. The van der Waals surface area contributed by atoms with E-state index in [1.165, 1.54) is 0 Å². The third-order valence-electron chi connectivity index (χ3n) is 0.696. The molecule has 0 aliphatic heterocycles. The van der Waals surface area contributed by atoms with E-state index >= 15 is 0 Å². The molecule has 2 nitrogen and oxygen atoms in total. The van der Waals surface area contributed by atoms with E-state index in [-0.39, 0.29) is 6.04 Å². The van der Waals surface area contributed by atoms with Crippen molar-refractivity contribution in [3.63, 3.8) is 0 Å². The molecule has 1 unspecified atom stereocenters. The van der Waals surface area contributed by atoms with Crippen molar-refractivity contribution in [2.45, 2.75) is 19.4 Å². The van der Waals surface area contributed by atoms with Crippen molar-refractivity contribution in [2.75, 3.05) is 0 Å². The smallest absolute Gasteiger partial charge is 0.108 e. The van der Waals surface area contributed by atoms with Gasteiger partial charge in [-0.05, 0) is 18.2 Å². The van der Waals surface area contributed by atoms with E-state index < -0.39 is 0 Å². The van der Waals surface area contributed by atoms with Gasteiger partial charge in [-0.1, -0.05) is 6.92 Å². The zero-order valence-corrected chi connectivity index (χ0v) is 4.87. The van der Waals surface area contributed by atoms with E-state index in [1.807, 2.05) is 13.0 Å². The van der Waals surface area contributed by atoms with Crippen LogP contribution < -0.4 is 4.84 Å². The summed E-state index contributed by atoms with van der Waals surface area (Å²) >= 11 is 5.10. The lowest BCUT2D eigenvalue weighted by Gasteiger charge is -1.96. The minimum Gasteiger partial charge on any atom is -0.216 e. The van der Waals surface area contributed by atoms with Crippen LogP contribution in [0.25, 0.3) is 0 Å². The summed E-state index contributed by atoms with van der Waals surface area (Å²) in [6.07, 6.45) is 0.750. The summed E-state index contributed by atoms with van der Waals surface area (Å²) in [5, 5.41) is 8.13. The fourth-order valence-electron chi connectivity index (χ4n) is 0.193. The predicted octanol–water partition coefficient (Wildman–Crippen LogP) is 1.03. The van der Waals surface area contributed by atoms with E-state index in [0.717, 1.165) is 6.42 Å². The van der Waals surface area contributed by atoms with Crippen molar-refractivity contribution < 1.29 is 0 Å². The largest absolute Gasteiger partial charge is 0.216 e. The highest BCUT2D eigenvalue weighted by Gasteiger charge is 1.96. The second-order valence-electron chi connectivity index (χ2n) is 1.20. The molecule has 0 amide bonds. The lowest BCUT2D eigenvalue weighted by molar-refractivity contribution is 0.738. The molecule has 7 heavy (non-hydrogen) atoms. The quantitative estimate of drug-likeness (QED) is 0.550. The molecule has 0 saturated carbocycles. The van der Waals surface area contributed by atoms with E-state index in [4.69, 9.17) is 17.0 Å². The first-order valence-electron chi connectivity index (χ1n) is 2.11. The first kappa shape index (κ1) is 6.74. The number of nitrogens with one attached hydrogen (secondary N) is 1. The van der Waals surface area contributed by atoms with Crippen LogP contribution in [0.15, 0.2) is 0 Å². The van der Waals surface area contributed by atoms with Gasteiger partial charge in [0.05, 0.1) is 6.07 Å². The maximum Gasteiger partial charge on any atom is 0.108 e. The molecular weight excluding hydrogens is 112 g/mol. The second-order valence-corrected chi connectivity index (χ2v) is 1.42. The summed E-state index contributed by atoms with van der Waals surface area (Å²) in [5.74, 6) is 0. The average molecular weight is 119 g/mol. The summed E-state index contributed by atoms with van der Waals surface area (Å²) < 4.78 is 0. The molecule has 0 aliphatic rings. The van der Waals surface area contributed by atoms with Crippen molar-refractivity contribution in [1.29, 1.82) is 5.26 Å². The number of halogens is 1. The summed E-state index contributed by atoms with van der Waals surface area (Å²) in [6.45, 7) is 1.89. The summed E-state index contributed by atoms with van der Waals surface area (Å²) in [5.41, 5.74) is 0. The molecule has 0 aliphatic carbocycles. The van der Waals surface area contributed by atoms with Gasteiger partial charge in [-0.15, -0.1) is 0 Å². The maximum absolute atomic E-state index is 8.13. The van der Waals surface area contributed by atoms with Gasteiger partial charge in [0.2, 0.25) is 0 Å². The Morgan fingerprint density at radius 1 is 2.00 bits per heavy atom. The van der Waals surface area contributed by atoms with Crippen molar-refractivity contribution in [3.05, 3.63) is 0 Å². The highest BCUT2D eigenvalue weighted by molar-refractivity contribution is 6.13. The molecule has 1 N–H and O–H groups in total. The predicted molar refractivity (Wildman–Crippen MR) is 28.7 cm³/mol. The van der Waals surface area contributed by atoms with E-state index in [1.54, 1.807) is 0 Å². The van der Waals surface area contributed by atoms with Crippen LogP contribution in [-0.2, 0) is 0 Å². The van der Waals surface area contributed by atoms with Gasteiger partial charge in [0.1, 0.15) is 6.04 Å².